The smallest absolute Gasteiger partial charge is 0.191 e. The maximum Gasteiger partial charge on any atom is 0.191 e. The molecule has 0 spiro atoms. The molecule has 29 heavy (non-hydrogen) atoms. The van der Waals surface area contributed by atoms with Crippen molar-refractivity contribution in [3.05, 3.63) is 59.8 Å². The number of para-hydroxylation sites is 1. The van der Waals surface area contributed by atoms with Crippen LogP contribution in [0.1, 0.15) is 17.5 Å². The molecule has 156 valence electrons. The minimum Gasteiger partial charge on any atom is -0.497 e. The van der Waals surface area contributed by atoms with E-state index in [0.29, 0.717) is 6.54 Å². The summed E-state index contributed by atoms with van der Waals surface area (Å²) in [5.41, 5.74) is 3.59. The number of rotatable bonds is 8. The van der Waals surface area contributed by atoms with Gasteiger partial charge < -0.3 is 25.1 Å². The minimum atomic E-state index is 0. The number of aliphatic imine (C=N–C) groups is 1. The Morgan fingerprint density at radius 1 is 1.03 bits per heavy atom. The molecule has 3 rings (SSSR count). The molecule has 0 amide bonds. The molecule has 0 aliphatic rings. The second-order valence-electron chi connectivity index (χ2n) is 6.49. The number of H-pyrrole nitrogens is 1. The zero-order chi connectivity index (χ0) is 19.8. The third kappa shape index (κ3) is 6.03. The highest BCUT2D eigenvalue weighted by Crippen LogP contribution is 2.24. The molecule has 0 saturated heterocycles. The molecule has 2 aromatic carbocycles. The van der Waals surface area contributed by atoms with Crippen LogP contribution in [0.25, 0.3) is 10.9 Å². The Hall–Kier alpha value is -2.42. The lowest BCUT2D eigenvalue weighted by atomic mass is 10.1. The molecule has 0 bridgehead atoms. The Labute approximate surface area is 189 Å². The molecule has 3 aromatic rings. The molecular weight excluding hydrogens is 479 g/mol. The summed E-state index contributed by atoms with van der Waals surface area (Å²) < 4.78 is 10.7. The second-order valence-corrected chi connectivity index (χ2v) is 6.49. The Morgan fingerprint density at radius 3 is 2.62 bits per heavy atom. The molecule has 0 aliphatic carbocycles. The van der Waals surface area contributed by atoms with E-state index in [2.05, 4.69) is 51.1 Å². The van der Waals surface area contributed by atoms with E-state index in [4.69, 9.17) is 9.47 Å². The van der Waals surface area contributed by atoms with Crippen LogP contribution in [-0.2, 0) is 13.0 Å². The molecular formula is C22H29IN4O2. The van der Waals surface area contributed by atoms with Crippen LogP contribution in [0.4, 0.5) is 0 Å². The van der Waals surface area contributed by atoms with Gasteiger partial charge in [0.25, 0.3) is 0 Å². The molecule has 0 fully saturated rings. The molecule has 0 unspecified atom stereocenters. The monoisotopic (exact) mass is 508 g/mol. The summed E-state index contributed by atoms with van der Waals surface area (Å²) in [4.78, 5) is 7.63. The van der Waals surface area contributed by atoms with E-state index in [9.17, 15) is 0 Å². The van der Waals surface area contributed by atoms with E-state index >= 15 is 0 Å². The Kier molecular flexibility index (Phi) is 9.11. The van der Waals surface area contributed by atoms with Crippen LogP contribution in [0, 0.1) is 0 Å². The fraction of sp³-hybridized carbons (Fsp3) is 0.318. The summed E-state index contributed by atoms with van der Waals surface area (Å²) in [5.74, 6) is 2.35. The summed E-state index contributed by atoms with van der Waals surface area (Å²) in [7, 11) is 5.09. The van der Waals surface area contributed by atoms with Gasteiger partial charge in [0.05, 0.1) is 14.2 Å². The lowest BCUT2D eigenvalue weighted by molar-refractivity contribution is 0.390. The van der Waals surface area contributed by atoms with E-state index in [1.807, 2.05) is 18.2 Å². The molecule has 1 aromatic heterocycles. The molecule has 1 heterocycles. The number of fused-ring (bicyclic) bond motifs is 1. The molecule has 7 heteroatoms. The first-order valence-corrected chi connectivity index (χ1v) is 9.45. The van der Waals surface area contributed by atoms with Gasteiger partial charge in [-0.1, -0.05) is 18.2 Å². The first-order chi connectivity index (χ1) is 13.7. The second kappa shape index (κ2) is 11.5. The molecule has 0 radical (unpaired) electrons. The van der Waals surface area contributed by atoms with Crippen molar-refractivity contribution in [2.24, 2.45) is 4.99 Å². The van der Waals surface area contributed by atoms with Gasteiger partial charge in [-0.2, -0.15) is 0 Å². The predicted octanol–water partition coefficient (Wildman–Crippen LogP) is 4.10. The van der Waals surface area contributed by atoms with Crippen molar-refractivity contribution in [2.75, 3.05) is 27.8 Å². The topological polar surface area (TPSA) is 70.7 Å². The van der Waals surface area contributed by atoms with Crippen molar-refractivity contribution in [3.63, 3.8) is 0 Å². The number of aromatic nitrogens is 1. The number of ether oxygens (including phenoxy) is 2. The summed E-state index contributed by atoms with van der Waals surface area (Å²) in [6.45, 7) is 1.47. The highest BCUT2D eigenvalue weighted by Gasteiger charge is 2.07. The summed E-state index contributed by atoms with van der Waals surface area (Å²) >= 11 is 0. The number of hydrogen-bond acceptors (Lipinski definition) is 3. The van der Waals surface area contributed by atoms with Gasteiger partial charge in [0, 0.05) is 48.9 Å². The number of methoxy groups -OCH3 is 2. The first kappa shape index (κ1) is 22.9. The number of nitrogens with zero attached hydrogens (tertiary/aromatic N) is 1. The van der Waals surface area contributed by atoms with Gasteiger partial charge in [0.2, 0.25) is 0 Å². The average Bonchev–Trinajstić information content (AvgIpc) is 3.16. The van der Waals surface area contributed by atoms with Crippen LogP contribution >= 0.6 is 24.0 Å². The SMILES string of the molecule is CN=C(NCCCc1c[nH]c2ccccc12)NCc1ccc(OC)cc1OC.I. The number of hydrogen-bond donors (Lipinski definition) is 3. The van der Waals surface area contributed by atoms with Gasteiger partial charge in [-0.3, -0.25) is 4.99 Å². The largest absolute Gasteiger partial charge is 0.497 e. The maximum atomic E-state index is 5.45. The van der Waals surface area contributed by atoms with Crippen molar-refractivity contribution in [1.29, 1.82) is 0 Å². The minimum absolute atomic E-state index is 0. The lowest BCUT2D eigenvalue weighted by Crippen LogP contribution is -2.37. The van der Waals surface area contributed by atoms with Crippen molar-refractivity contribution in [3.8, 4) is 11.5 Å². The normalized spacial score (nSPS) is 11.1. The van der Waals surface area contributed by atoms with Gasteiger partial charge in [-0.05, 0) is 36.6 Å². The maximum absolute atomic E-state index is 5.45. The van der Waals surface area contributed by atoms with Gasteiger partial charge in [-0.15, -0.1) is 24.0 Å². The molecule has 3 N–H and O–H groups in total. The Bertz CT molecular complexity index is 939. The molecule has 0 atom stereocenters. The standard InChI is InChI=1S/C22H28N4O2.HI/c1-23-22(26-15-17-10-11-18(27-2)13-21(17)28-3)24-12-6-7-16-14-25-20-9-5-4-8-19(16)20;/h4-5,8-11,13-14,25H,6-7,12,15H2,1-3H3,(H2,23,24,26);1H. The highest BCUT2D eigenvalue weighted by atomic mass is 127. The number of aromatic amines is 1. The number of nitrogens with one attached hydrogen (secondary N) is 3. The van der Waals surface area contributed by atoms with Crippen molar-refractivity contribution < 1.29 is 9.47 Å². The van der Waals surface area contributed by atoms with Gasteiger partial charge >= 0.3 is 0 Å². The van der Waals surface area contributed by atoms with Crippen LogP contribution in [0.5, 0.6) is 11.5 Å². The predicted molar refractivity (Wildman–Crippen MR) is 130 cm³/mol. The third-order valence-electron chi connectivity index (χ3n) is 4.75. The highest BCUT2D eigenvalue weighted by molar-refractivity contribution is 14.0. The number of aryl methyl sites for hydroxylation is 1. The van der Waals surface area contributed by atoms with Gasteiger partial charge in [0.15, 0.2) is 5.96 Å². The fourth-order valence-corrected chi connectivity index (χ4v) is 3.22. The Balaban J connectivity index is 0.00000300. The number of guanidine groups is 1. The molecule has 0 saturated carbocycles. The quantitative estimate of drug-likeness (QED) is 0.186. The van der Waals surface area contributed by atoms with Crippen molar-refractivity contribution >= 4 is 40.8 Å². The zero-order valence-corrected chi connectivity index (χ0v) is 19.4. The summed E-state index contributed by atoms with van der Waals surface area (Å²) in [6.07, 6.45) is 4.14. The van der Waals surface area contributed by atoms with Crippen LogP contribution in [0.3, 0.4) is 0 Å². The van der Waals surface area contributed by atoms with Crippen LogP contribution in [0.2, 0.25) is 0 Å². The van der Waals surface area contributed by atoms with Crippen LogP contribution in [0.15, 0.2) is 53.7 Å². The summed E-state index contributed by atoms with van der Waals surface area (Å²) in [6, 6.07) is 14.2. The lowest BCUT2D eigenvalue weighted by Gasteiger charge is -2.14. The molecule has 0 aliphatic heterocycles. The van der Waals surface area contributed by atoms with E-state index < -0.39 is 0 Å². The first-order valence-electron chi connectivity index (χ1n) is 9.45. The van der Waals surface area contributed by atoms with E-state index in [1.165, 1.54) is 16.5 Å². The van der Waals surface area contributed by atoms with Gasteiger partial charge in [-0.25, -0.2) is 0 Å². The van der Waals surface area contributed by atoms with Crippen LogP contribution in [-0.4, -0.2) is 38.8 Å². The zero-order valence-electron chi connectivity index (χ0n) is 17.1. The van der Waals surface area contributed by atoms with Crippen molar-refractivity contribution in [2.45, 2.75) is 19.4 Å². The van der Waals surface area contributed by atoms with E-state index in [1.54, 1.807) is 21.3 Å². The van der Waals surface area contributed by atoms with Gasteiger partial charge in [0.1, 0.15) is 11.5 Å². The Morgan fingerprint density at radius 2 is 1.86 bits per heavy atom. The number of halogens is 1. The van der Waals surface area contributed by atoms with E-state index in [0.717, 1.165) is 42.4 Å². The fourth-order valence-electron chi connectivity index (χ4n) is 3.22. The average molecular weight is 508 g/mol. The third-order valence-corrected chi connectivity index (χ3v) is 4.75. The van der Waals surface area contributed by atoms with Crippen molar-refractivity contribution in [1.82, 2.24) is 15.6 Å². The van der Waals surface area contributed by atoms with E-state index in [-0.39, 0.29) is 24.0 Å². The number of benzene rings is 2. The van der Waals surface area contributed by atoms with Crippen LogP contribution < -0.4 is 20.1 Å². The molecule has 6 nitrogen and oxygen atoms in total. The summed E-state index contributed by atoms with van der Waals surface area (Å²) in [5, 5.41) is 8.01.